The predicted octanol–water partition coefficient (Wildman–Crippen LogP) is 1.42. The Morgan fingerprint density at radius 2 is 2.20 bits per heavy atom. The molecule has 0 aromatic rings. The van der Waals surface area contributed by atoms with Crippen molar-refractivity contribution >= 4 is 16.9 Å². The van der Waals surface area contributed by atoms with Gasteiger partial charge in [-0.3, -0.25) is 0 Å². The fourth-order valence-corrected chi connectivity index (χ4v) is 2.54. The molecule has 0 radical (unpaired) electrons. The van der Waals surface area contributed by atoms with E-state index in [0.717, 1.165) is 25.7 Å². The van der Waals surface area contributed by atoms with E-state index in [0.29, 0.717) is 11.7 Å². The van der Waals surface area contributed by atoms with Gasteiger partial charge in [0.1, 0.15) is 0 Å². The number of nitriles is 1. The highest BCUT2D eigenvalue weighted by Gasteiger charge is 2.32. The van der Waals surface area contributed by atoms with Crippen LogP contribution in [-0.2, 0) is 0 Å². The van der Waals surface area contributed by atoms with Crippen LogP contribution in [0.4, 0.5) is 0 Å². The van der Waals surface area contributed by atoms with E-state index >= 15 is 0 Å². The van der Waals surface area contributed by atoms with Crippen LogP contribution in [-0.4, -0.2) is 40.6 Å². The standard InChI is InChI=1S/C10H17N3OS/c1-13(9(15-2)12-8-11)7-10(14)5-3-4-6-10/h14H,3-7H2,1-2H3. The van der Waals surface area contributed by atoms with Crippen LogP contribution >= 0.6 is 11.8 Å². The molecule has 1 aliphatic carbocycles. The fourth-order valence-electron chi connectivity index (χ4n) is 2.03. The SMILES string of the molecule is CSC(=NC#N)N(C)CC1(O)CCCC1. The molecular formula is C10H17N3OS. The van der Waals surface area contributed by atoms with Crippen molar-refractivity contribution in [3.63, 3.8) is 0 Å². The van der Waals surface area contributed by atoms with Gasteiger partial charge in [-0.05, 0) is 19.1 Å². The topological polar surface area (TPSA) is 59.6 Å². The molecule has 1 saturated carbocycles. The summed E-state index contributed by atoms with van der Waals surface area (Å²) in [6.07, 6.45) is 7.55. The summed E-state index contributed by atoms with van der Waals surface area (Å²) >= 11 is 1.43. The molecule has 1 aliphatic rings. The van der Waals surface area contributed by atoms with E-state index in [1.165, 1.54) is 11.8 Å². The average Bonchev–Trinajstić information content (AvgIpc) is 2.60. The van der Waals surface area contributed by atoms with E-state index in [1.54, 1.807) is 6.19 Å². The maximum atomic E-state index is 10.2. The molecule has 5 heteroatoms. The number of hydrogen-bond donors (Lipinski definition) is 1. The van der Waals surface area contributed by atoms with Gasteiger partial charge in [-0.15, -0.1) is 4.99 Å². The molecular weight excluding hydrogens is 210 g/mol. The summed E-state index contributed by atoms with van der Waals surface area (Å²) in [5, 5.41) is 19.4. The maximum absolute atomic E-state index is 10.2. The number of thioether (sulfide) groups is 1. The van der Waals surface area contributed by atoms with E-state index < -0.39 is 5.60 Å². The zero-order valence-electron chi connectivity index (χ0n) is 9.23. The van der Waals surface area contributed by atoms with Crippen molar-refractivity contribution in [2.75, 3.05) is 19.8 Å². The number of nitrogens with zero attached hydrogens (tertiary/aromatic N) is 3. The van der Waals surface area contributed by atoms with Crippen LogP contribution in [0.15, 0.2) is 4.99 Å². The molecule has 0 spiro atoms. The summed E-state index contributed by atoms with van der Waals surface area (Å²) in [6.45, 7) is 0.564. The highest BCUT2D eigenvalue weighted by molar-refractivity contribution is 8.13. The average molecular weight is 227 g/mol. The first kappa shape index (κ1) is 12.3. The predicted molar refractivity (Wildman–Crippen MR) is 62.6 cm³/mol. The summed E-state index contributed by atoms with van der Waals surface area (Å²) in [4.78, 5) is 5.58. The Balaban J connectivity index is 2.57. The van der Waals surface area contributed by atoms with Gasteiger partial charge in [0.05, 0.1) is 5.60 Å². The second-order valence-corrected chi connectivity index (χ2v) is 4.76. The fraction of sp³-hybridized carbons (Fsp3) is 0.800. The van der Waals surface area contributed by atoms with E-state index in [4.69, 9.17) is 5.26 Å². The van der Waals surface area contributed by atoms with Crippen LogP contribution in [0.3, 0.4) is 0 Å². The molecule has 0 aromatic carbocycles. The van der Waals surface area contributed by atoms with Gasteiger partial charge in [0, 0.05) is 13.6 Å². The van der Waals surface area contributed by atoms with Crippen molar-refractivity contribution in [2.45, 2.75) is 31.3 Å². The van der Waals surface area contributed by atoms with Crippen LogP contribution in [0.2, 0.25) is 0 Å². The van der Waals surface area contributed by atoms with Crippen molar-refractivity contribution in [3.05, 3.63) is 0 Å². The first-order valence-corrected chi connectivity index (χ1v) is 6.28. The van der Waals surface area contributed by atoms with Gasteiger partial charge in [0.2, 0.25) is 6.19 Å². The Morgan fingerprint density at radius 1 is 1.60 bits per heavy atom. The van der Waals surface area contributed by atoms with Crippen LogP contribution in [0.25, 0.3) is 0 Å². The molecule has 0 aliphatic heterocycles. The summed E-state index contributed by atoms with van der Waals surface area (Å²) in [5.74, 6) is 0. The minimum absolute atomic E-state index is 0.564. The monoisotopic (exact) mass is 227 g/mol. The minimum atomic E-state index is -0.583. The molecule has 84 valence electrons. The van der Waals surface area contributed by atoms with E-state index in [1.807, 2.05) is 18.2 Å². The lowest BCUT2D eigenvalue weighted by Gasteiger charge is -2.29. The summed E-state index contributed by atoms with van der Waals surface area (Å²) < 4.78 is 0. The van der Waals surface area contributed by atoms with Gasteiger partial charge in [-0.25, -0.2) is 0 Å². The minimum Gasteiger partial charge on any atom is -0.388 e. The molecule has 15 heavy (non-hydrogen) atoms. The van der Waals surface area contributed by atoms with Crippen LogP contribution < -0.4 is 0 Å². The molecule has 0 aromatic heterocycles. The second-order valence-electron chi connectivity index (χ2n) is 3.99. The van der Waals surface area contributed by atoms with Gasteiger partial charge in [0.25, 0.3) is 0 Å². The molecule has 1 N–H and O–H groups in total. The highest BCUT2D eigenvalue weighted by Crippen LogP contribution is 2.30. The third-order valence-corrected chi connectivity index (χ3v) is 3.49. The number of amidine groups is 1. The molecule has 0 saturated heterocycles. The molecule has 1 rings (SSSR count). The smallest absolute Gasteiger partial charge is 0.208 e. The Labute approximate surface area is 95.0 Å². The van der Waals surface area contributed by atoms with Crippen LogP contribution in [0, 0.1) is 11.5 Å². The lowest BCUT2D eigenvalue weighted by atomic mass is 10.0. The highest BCUT2D eigenvalue weighted by atomic mass is 32.2. The van der Waals surface area contributed by atoms with Gasteiger partial charge < -0.3 is 10.0 Å². The number of aliphatic hydroxyl groups is 1. The number of hydrogen-bond acceptors (Lipinski definition) is 4. The third-order valence-electron chi connectivity index (χ3n) is 2.72. The lowest BCUT2D eigenvalue weighted by molar-refractivity contribution is 0.0316. The zero-order valence-corrected chi connectivity index (χ0v) is 10.0. The molecule has 0 bridgehead atoms. The Bertz CT molecular complexity index is 279. The molecule has 0 unspecified atom stereocenters. The van der Waals surface area contributed by atoms with Crippen molar-refractivity contribution in [3.8, 4) is 6.19 Å². The number of aliphatic imine (C=N–C) groups is 1. The molecule has 1 fully saturated rings. The first-order valence-electron chi connectivity index (χ1n) is 5.05. The van der Waals surface area contributed by atoms with Crippen LogP contribution in [0.1, 0.15) is 25.7 Å². The largest absolute Gasteiger partial charge is 0.388 e. The van der Waals surface area contributed by atoms with Gasteiger partial charge in [0.15, 0.2) is 5.17 Å². The quantitative estimate of drug-likeness (QED) is 0.440. The van der Waals surface area contributed by atoms with Crippen molar-refractivity contribution < 1.29 is 5.11 Å². The number of rotatable bonds is 2. The third kappa shape index (κ3) is 3.40. The maximum Gasteiger partial charge on any atom is 0.208 e. The van der Waals surface area contributed by atoms with E-state index in [9.17, 15) is 5.11 Å². The van der Waals surface area contributed by atoms with Crippen molar-refractivity contribution in [2.24, 2.45) is 4.99 Å². The zero-order chi connectivity index (χ0) is 11.3. The van der Waals surface area contributed by atoms with Crippen LogP contribution in [0.5, 0.6) is 0 Å². The Hall–Kier alpha value is -0.730. The number of likely N-dealkylation sites (N-methyl/N-ethyl adjacent to an activating group) is 1. The Kier molecular flexibility index (Phi) is 4.43. The molecule has 0 atom stereocenters. The van der Waals surface area contributed by atoms with E-state index in [2.05, 4.69) is 4.99 Å². The van der Waals surface area contributed by atoms with Crippen molar-refractivity contribution in [1.29, 1.82) is 5.26 Å². The summed E-state index contributed by atoms with van der Waals surface area (Å²) in [6, 6.07) is 0. The van der Waals surface area contributed by atoms with Crippen molar-refractivity contribution in [1.82, 2.24) is 4.90 Å². The normalized spacial score (nSPS) is 20.0. The lowest BCUT2D eigenvalue weighted by Crippen LogP contribution is -2.41. The summed E-state index contributed by atoms with van der Waals surface area (Å²) in [5.41, 5.74) is -0.583. The molecule has 4 nitrogen and oxygen atoms in total. The van der Waals surface area contributed by atoms with Gasteiger partial charge in [-0.1, -0.05) is 24.6 Å². The molecule has 0 heterocycles. The Morgan fingerprint density at radius 3 is 2.67 bits per heavy atom. The van der Waals surface area contributed by atoms with Gasteiger partial charge >= 0.3 is 0 Å². The first-order chi connectivity index (χ1) is 7.11. The summed E-state index contributed by atoms with van der Waals surface area (Å²) in [7, 11) is 1.86. The second kappa shape index (κ2) is 5.38. The molecule has 0 amide bonds. The van der Waals surface area contributed by atoms with Gasteiger partial charge in [-0.2, -0.15) is 5.26 Å². The van der Waals surface area contributed by atoms with E-state index in [-0.39, 0.29) is 0 Å².